The summed E-state index contributed by atoms with van der Waals surface area (Å²) in [6.45, 7) is 5.10. The zero-order valence-electron chi connectivity index (χ0n) is 22.0. The SMILES string of the molecule is COC1CC(C(=O)N2CCN(Cc3ccccc3)CC2c2cc(C=N)c(Nc3ccc(F)cc3)cc2C)C1. The van der Waals surface area contributed by atoms with Crippen LogP contribution in [0.25, 0.3) is 0 Å². The van der Waals surface area contributed by atoms with Crippen LogP contribution < -0.4 is 5.32 Å². The number of carbonyl (C=O) groups is 1. The summed E-state index contributed by atoms with van der Waals surface area (Å²) in [6.07, 6.45) is 3.06. The summed E-state index contributed by atoms with van der Waals surface area (Å²) < 4.78 is 18.8. The van der Waals surface area contributed by atoms with Crippen molar-refractivity contribution in [3.63, 3.8) is 0 Å². The first kappa shape index (κ1) is 26.1. The van der Waals surface area contributed by atoms with Gasteiger partial charge in [0, 0.05) is 62.4 Å². The summed E-state index contributed by atoms with van der Waals surface area (Å²) >= 11 is 0. The molecule has 1 saturated carbocycles. The molecule has 5 rings (SSSR count). The number of methoxy groups -OCH3 is 1. The zero-order chi connectivity index (χ0) is 26.6. The van der Waals surface area contributed by atoms with Crippen LogP contribution in [0.5, 0.6) is 0 Å². The Kier molecular flexibility index (Phi) is 7.86. The third kappa shape index (κ3) is 5.64. The Morgan fingerprint density at radius 1 is 1.11 bits per heavy atom. The van der Waals surface area contributed by atoms with Crippen LogP contribution >= 0.6 is 0 Å². The second-order valence-electron chi connectivity index (χ2n) is 10.4. The van der Waals surface area contributed by atoms with E-state index in [9.17, 15) is 9.18 Å². The lowest BCUT2D eigenvalue weighted by atomic mass is 9.80. The topological polar surface area (TPSA) is 68.7 Å². The van der Waals surface area contributed by atoms with Crippen LogP contribution in [0, 0.1) is 24.1 Å². The van der Waals surface area contributed by atoms with Crippen molar-refractivity contribution in [2.24, 2.45) is 5.92 Å². The van der Waals surface area contributed by atoms with E-state index in [-0.39, 0.29) is 29.8 Å². The lowest BCUT2D eigenvalue weighted by Crippen LogP contribution is -2.54. The molecule has 6 nitrogen and oxygen atoms in total. The van der Waals surface area contributed by atoms with Crippen LogP contribution in [0.3, 0.4) is 0 Å². The van der Waals surface area contributed by atoms with E-state index in [0.717, 1.165) is 60.5 Å². The van der Waals surface area contributed by atoms with Crippen LogP contribution in [0.15, 0.2) is 66.7 Å². The number of hydrogen-bond acceptors (Lipinski definition) is 5. The molecule has 0 bridgehead atoms. The van der Waals surface area contributed by atoms with Gasteiger partial charge in [0.2, 0.25) is 5.91 Å². The predicted molar refractivity (Wildman–Crippen MR) is 148 cm³/mol. The molecule has 198 valence electrons. The highest BCUT2D eigenvalue weighted by molar-refractivity contribution is 5.88. The number of ether oxygens (including phenoxy) is 1. The molecule has 1 unspecified atom stereocenters. The molecule has 2 fully saturated rings. The minimum absolute atomic E-state index is 0.00468. The molecule has 1 atom stereocenters. The average molecular weight is 515 g/mol. The van der Waals surface area contributed by atoms with E-state index < -0.39 is 0 Å². The van der Waals surface area contributed by atoms with Crippen molar-refractivity contribution >= 4 is 23.5 Å². The van der Waals surface area contributed by atoms with Crippen molar-refractivity contribution in [3.8, 4) is 0 Å². The number of piperazine rings is 1. The summed E-state index contributed by atoms with van der Waals surface area (Å²) in [6, 6.07) is 20.6. The molecule has 1 aliphatic heterocycles. The van der Waals surface area contributed by atoms with Crippen LogP contribution in [-0.2, 0) is 16.1 Å². The van der Waals surface area contributed by atoms with Gasteiger partial charge in [0.1, 0.15) is 5.82 Å². The number of benzene rings is 3. The summed E-state index contributed by atoms with van der Waals surface area (Å²) in [4.78, 5) is 18.1. The summed E-state index contributed by atoms with van der Waals surface area (Å²) in [5.41, 5.74) is 5.62. The van der Waals surface area contributed by atoms with Crippen LogP contribution in [0.2, 0.25) is 0 Å². The number of rotatable bonds is 8. The molecule has 0 radical (unpaired) electrons. The normalized spacial score (nSPS) is 21.6. The van der Waals surface area contributed by atoms with E-state index in [1.807, 2.05) is 18.2 Å². The van der Waals surface area contributed by atoms with Crippen molar-refractivity contribution in [1.29, 1.82) is 5.41 Å². The first-order valence-electron chi connectivity index (χ1n) is 13.2. The molecular weight excluding hydrogens is 479 g/mol. The van der Waals surface area contributed by atoms with Gasteiger partial charge in [-0.25, -0.2) is 4.39 Å². The van der Waals surface area contributed by atoms with E-state index in [1.54, 1.807) is 19.2 Å². The van der Waals surface area contributed by atoms with Gasteiger partial charge in [-0.05, 0) is 72.9 Å². The molecule has 3 aromatic carbocycles. The molecule has 38 heavy (non-hydrogen) atoms. The molecular formula is C31H35FN4O2. The number of aryl methyl sites for hydroxylation is 1. The zero-order valence-corrected chi connectivity index (χ0v) is 22.0. The highest BCUT2D eigenvalue weighted by Crippen LogP contribution is 2.37. The summed E-state index contributed by atoms with van der Waals surface area (Å²) in [5, 5.41) is 11.4. The van der Waals surface area contributed by atoms with Crippen molar-refractivity contribution in [2.45, 2.75) is 38.5 Å². The second kappa shape index (κ2) is 11.5. The van der Waals surface area contributed by atoms with Crippen LogP contribution in [0.4, 0.5) is 15.8 Å². The average Bonchev–Trinajstić information content (AvgIpc) is 2.90. The summed E-state index contributed by atoms with van der Waals surface area (Å²) in [7, 11) is 1.71. The number of carbonyl (C=O) groups excluding carboxylic acids is 1. The molecule has 1 saturated heterocycles. The van der Waals surface area contributed by atoms with Gasteiger partial charge < -0.3 is 20.4 Å². The number of nitrogens with one attached hydrogen (secondary N) is 2. The van der Waals surface area contributed by atoms with E-state index in [2.05, 4.69) is 46.3 Å². The molecule has 1 heterocycles. The fourth-order valence-electron chi connectivity index (χ4n) is 5.57. The highest BCUT2D eigenvalue weighted by Gasteiger charge is 2.41. The minimum Gasteiger partial charge on any atom is -0.381 e. The molecule has 3 aromatic rings. The fraction of sp³-hybridized carbons (Fsp3) is 0.355. The molecule has 0 aromatic heterocycles. The van der Waals surface area contributed by atoms with Gasteiger partial charge in [-0.1, -0.05) is 30.3 Å². The van der Waals surface area contributed by atoms with E-state index in [4.69, 9.17) is 10.1 Å². The Morgan fingerprint density at radius 2 is 1.84 bits per heavy atom. The van der Waals surface area contributed by atoms with E-state index in [1.165, 1.54) is 23.9 Å². The maximum absolute atomic E-state index is 13.7. The Bertz CT molecular complexity index is 1280. The third-order valence-electron chi connectivity index (χ3n) is 7.85. The van der Waals surface area contributed by atoms with Gasteiger partial charge in [-0.15, -0.1) is 0 Å². The minimum atomic E-state index is -0.292. The number of nitrogens with zero attached hydrogens (tertiary/aromatic N) is 2. The Balaban J connectivity index is 1.44. The standard InChI is InChI=1S/C31H35FN4O2/c1-21-14-29(34-26-10-8-25(32)9-11-26)24(18-33)17-28(21)30-20-35(19-22-6-4-3-5-7-22)12-13-36(30)31(37)23-15-27(16-23)38-2/h3-11,14,17-18,23,27,30,33-34H,12-13,15-16,19-20H2,1-2H3. The Morgan fingerprint density at radius 3 is 2.53 bits per heavy atom. The van der Waals surface area contributed by atoms with Gasteiger partial charge in [-0.2, -0.15) is 0 Å². The maximum Gasteiger partial charge on any atom is 0.226 e. The molecule has 2 aliphatic rings. The van der Waals surface area contributed by atoms with Crippen molar-refractivity contribution < 1.29 is 13.9 Å². The van der Waals surface area contributed by atoms with Crippen molar-refractivity contribution in [2.75, 3.05) is 32.1 Å². The molecule has 0 spiro atoms. The molecule has 7 heteroatoms. The van der Waals surface area contributed by atoms with Gasteiger partial charge in [0.05, 0.1) is 12.1 Å². The summed E-state index contributed by atoms with van der Waals surface area (Å²) in [5.74, 6) is -0.0863. The Labute approximate surface area is 223 Å². The largest absolute Gasteiger partial charge is 0.381 e. The maximum atomic E-state index is 13.7. The lowest BCUT2D eigenvalue weighted by molar-refractivity contribution is -0.148. The first-order chi connectivity index (χ1) is 18.4. The number of amides is 1. The Hall–Kier alpha value is -3.55. The number of anilines is 2. The third-order valence-corrected chi connectivity index (χ3v) is 7.85. The number of hydrogen-bond donors (Lipinski definition) is 2. The van der Waals surface area contributed by atoms with Gasteiger partial charge in [0.15, 0.2) is 0 Å². The highest BCUT2D eigenvalue weighted by atomic mass is 19.1. The van der Waals surface area contributed by atoms with E-state index >= 15 is 0 Å². The molecule has 1 aliphatic carbocycles. The molecule has 1 amide bonds. The second-order valence-corrected chi connectivity index (χ2v) is 10.4. The number of halogens is 1. The van der Waals surface area contributed by atoms with Gasteiger partial charge in [0.25, 0.3) is 0 Å². The quantitative estimate of drug-likeness (QED) is 0.379. The van der Waals surface area contributed by atoms with Crippen molar-refractivity contribution in [1.82, 2.24) is 9.80 Å². The van der Waals surface area contributed by atoms with Crippen LogP contribution in [-0.4, -0.2) is 54.8 Å². The lowest BCUT2D eigenvalue weighted by Gasteiger charge is -2.45. The first-order valence-corrected chi connectivity index (χ1v) is 13.2. The fourth-order valence-corrected chi connectivity index (χ4v) is 5.57. The van der Waals surface area contributed by atoms with E-state index in [0.29, 0.717) is 6.54 Å². The van der Waals surface area contributed by atoms with Gasteiger partial charge >= 0.3 is 0 Å². The van der Waals surface area contributed by atoms with Gasteiger partial charge in [-0.3, -0.25) is 9.69 Å². The molecule has 2 N–H and O–H groups in total. The smallest absolute Gasteiger partial charge is 0.226 e. The predicted octanol–water partition coefficient (Wildman–Crippen LogP) is 5.69. The monoisotopic (exact) mass is 514 g/mol. The van der Waals surface area contributed by atoms with Crippen molar-refractivity contribution in [3.05, 3.63) is 94.8 Å². The van der Waals surface area contributed by atoms with Crippen LogP contribution in [0.1, 0.15) is 41.1 Å².